The number of aliphatic imine (C=N–C) groups is 1. The molecule has 0 N–H and O–H groups in total. The van der Waals surface area contributed by atoms with Crippen molar-refractivity contribution in [3.63, 3.8) is 0 Å². The molecule has 2 aliphatic rings. The standard InChI is InChI=1S/C13H16N2O/c1-2-6-12(15-8-3-4-9-15)11(5-1)13-14-7-10-16-13/h1-2,5-6H,3-4,7-10H2. The Kier molecular flexibility index (Phi) is 2.52. The fourth-order valence-corrected chi connectivity index (χ4v) is 2.39. The van der Waals surface area contributed by atoms with Crippen LogP contribution >= 0.6 is 0 Å². The summed E-state index contributed by atoms with van der Waals surface area (Å²) in [7, 11) is 0. The third-order valence-electron chi connectivity index (χ3n) is 3.17. The summed E-state index contributed by atoms with van der Waals surface area (Å²) >= 11 is 0. The molecule has 0 unspecified atom stereocenters. The maximum Gasteiger partial charge on any atom is 0.218 e. The maximum absolute atomic E-state index is 5.56. The van der Waals surface area contributed by atoms with Gasteiger partial charge in [0.2, 0.25) is 5.90 Å². The van der Waals surface area contributed by atoms with Crippen LogP contribution in [0.4, 0.5) is 5.69 Å². The highest BCUT2D eigenvalue weighted by Crippen LogP contribution is 2.26. The molecule has 0 aromatic heterocycles. The van der Waals surface area contributed by atoms with E-state index < -0.39 is 0 Å². The van der Waals surface area contributed by atoms with E-state index in [1.54, 1.807) is 0 Å². The second-order valence-electron chi connectivity index (χ2n) is 4.25. The first-order valence-electron chi connectivity index (χ1n) is 5.97. The number of anilines is 1. The molecule has 0 atom stereocenters. The van der Waals surface area contributed by atoms with Gasteiger partial charge in [-0.05, 0) is 25.0 Å². The van der Waals surface area contributed by atoms with Crippen molar-refractivity contribution in [1.82, 2.24) is 0 Å². The first-order valence-corrected chi connectivity index (χ1v) is 5.97. The van der Waals surface area contributed by atoms with Gasteiger partial charge in [0, 0.05) is 18.8 Å². The summed E-state index contributed by atoms with van der Waals surface area (Å²) in [6, 6.07) is 8.43. The van der Waals surface area contributed by atoms with Gasteiger partial charge in [-0.2, -0.15) is 0 Å². The van der Waals surface area contributed by atoms with Crippen molar-refractivity contribution < 1.29 is 4.74 Å². The van der Waals surface area contributed by atoms with Crippen molar-refractivity contribution in [2.24, 2.45) is 4.99 Å². The van der Waals surface area contributed by atoms with Crippen LogP contribution in [0.5, 0.6) is 0 Å². The van der Waals surface area contributed by atoms with Gasteiger partial charge in [-0.1, -0.05) is 12.1 Å². The summed E-state index contributed by atoms with van der Waals surface area (Å²) < 4.78 is 5.56. The second kappa shape index (κ2) is 4.16. The highest BCUT2D eigenvalue weighted by atomic mass is 16.5. The summed E-state index contributed by atoms with van der Waals surface area (Å²) in [6.45, 7) is 3.84. The van der Waals surface area contributed by atoms with E-state index >= 15 is 0 Å². The van der Waals surface area contributed by atoms with E-state index in [4.69, 9.17) is 4.74 Å². The highest BCUT2D eigenvalue weighted by Gasteiger charge is 2.20. The number of benzene rings is 1. The Hall–Kier alpha value is -1.51. The minimum Gasteiger partial charge on any atom is -0.475 e. The van der Waals surface area contributed by atoms with Crippen LogP contribution in [0.3, 0.4) is 0 Å². The monoisotopic (exact) mass is 216 g/mol. The van der Waals surface area contributed by atoms with E-state index in [1.165, 1.54) is 18.5 Å². The molecule has 16 heavy (non-hydrogen) atoms. The van der Waals surface area contributed by atoms with E-state index in [9.17, 15) is 0 Å². The number of hydrogen-bond donors (Lipinski definition) is 0. The van der Waals surface area contributed by atoms with Crippen molar-refractivity contribution >= 4 is 11.6 Å². The minimum atomic E-state index is 0.726. The lowest BCUT2D eigenvalue weighted by molar-refractivity contribution is 0.348. The molecule has 0 saturated carbocycles. The summed E-state index contributed by atoms with van der Waals surface area (Å²) in [5.41, 5.74) is 2.43. The predicted molar refractivity (Wildman–Crippen MR) is 65.2 cm³/mol. The molecule has 0 radical (unpaired) electrons. The molecule has 2 aliphatic heterocycles. The summed E-state index contributed by atoms with van der Waals surface area (Å²) in [5, 5.41) is 0. The number of hydrogen-bond acceptors (Lipinski definition) is 3. The van der Waals surface area contributed by atoms with Crippen molar-refractivity contribution in [1.29, 1.82) is 0 Å². The van der Waals surface area contributed by atoms with Crippen LogP contribution in [0.25, 0.3) is 0 Å². The van der Waals surface area contributed by atoms with Gasteiger partial charge in [0.1, 0.15) is 6.61 Å². The summed E-state index contributed by atoms with van der Waals surface area (Å²) in [6.07, 6.45) is 2.59. The maximum atomic E-state index is 5.56. The molecule has 84 valence electrons. The quantitative estimate of drug-likeness (QED) is 0.756. The van der Waals surface area contributed by atoms with Gasteiger partial charge in [0.05, 0.1) is 12.1 Å². The van der Waals surface area contributed by atoms with E-state index in [0.717, 1.165) is 37.7 Å². The Morgan fingerprint density at radius 2 is 1.94 bits per heavy atom. The Morgan fingerprint density at radius 1 is 1.12 bits per heavy atom. The normalized spacial score (nSPS) is 19.8. The SMILES string of the molecule is c1ccc(N2CCCC2)c(C2=NCCO2)c1. The zero-order chi connectivity index (χ0) is 10.8. The van der Waals surface area contributed by atoms with Crippen LogP contribution in [0, 0.1) is 0 Å². The Bertz CT molecular complexity index is 408. The van der Waals surface area contributed by atoms with Gasteiger partial charge in [0.15, 0.2) is 0 Å². The van der Waals surface area contributed by atoms with Crippen LogP contribution < -0.4 is 4.90 Å². The number of nitrogens with zero attached hydrogens (tertiary/aromatic N) is 2. The first-order chi connectivity index (χ1) is 7.95. The van der Waals surface area contributed by atoms with Crippen LogP contribution in [-0.4, -0.2) is 32.1 Å². The topological polar surface area (TPSA) is 24.8 Å². The highest BCUT2D eigenvalue weighted by molar-refractivity contribution is 6.00. The minimum absolute atomic E-state index is 0.726. The Morgan fingerprint density at radius 3 is 2.69 bits per heavy atom. The summed E-state index contributed by atoms with van der Waals surface area (Å²) in [5.74, 6) is 0.822. The zero-order valence-electron chi connectivity index (χ0n) is 9.35. The largest absolute Gasteiger partial charge is 0.475 e. The average molecular weight is 216 g/mol. The molecule has 0 bridgehead atoms. The molecule has 0 amide bonds. The van der Waals surface area contributed by atoms with Gasteiger partial charge in [0.25, 0.3) is 0 Å². The zero-order valence-corrected chi connectivity index (χ0v) is 9.35. The third-order valence-corrected chi connectivity index (χ3v) is 3.17. The number of para-hydroxylation sites is 1. The van der Waals surface area contributed by atoms with Gasteiger partial charge in [-0.3, -0.25) is 0 Å². The van der Waals surface area contributed by atoms with Crippen LogP contribution in [0.1, 0.15) is 18.4 Å². The molecular weight excluding hydrogens is 200 g/mol. The molecule has 1 aromatic rings. The molecule has 3 rings (SSSR count). The lowest BCUT2D eigenvalue weighted by Gasteiger charge is -2.20. The molecule has 0 aliphatic carbocycles. The molecule has 3 nitrogen and oxygen atoms in total. The van der Waals surface area contributed by atoms with Crippen molar-refractivity contribution in [2.45, 2.75) is 12.8 Å². The van der Waals surface area contributed by atoms with Crippen LogP contribution in [0.2, 0.25) is 0 Å². The van der Waals surface area contributed by atoms with Crippen LogP contribution in [0.15, 0.2) is 29.3 Å². The van der Waals surface area contributed by atoms with Crippen LogP contribution in [-0.2, 0) is 4.74 Å². The number of rotatable bonds is 2. The smallest absolute Gasteiger partial charge is 0.218 e. The first kappa shape index (κ1) is 9.70. The molecule has 0 spiro atoms. The van der Waals surface area contributed by atoms with Gasteiger partial charge < -0.3 is 9.64 Å². The molecule has 1 aromatic carbocycles. The van der Waals surface area contributed by atoms with E-state index in [0.29, 0.717) is 0 Å². The lowest BCUT2D eigenvalue weighted by Crippen LogP contribution is -2.20. The van der Waals surface area contributed by atoms with Crippen molar-refractivity contribution in [2.75, 3.05) is 31.1 Å². The third kappa shape index (κ3) is 1.66. The van der Waals surface area contributed by atoms with E-state index in [-0.39, 0.29) is 0 Å². The lowest BCUT2D eigenvalue weighted by atomic mass is 10.1. The van der Waals surface area contributed by atoms with E-state index in [2.05, 4.69) is 34.2 Å². The fraction of sp³-hybridized carbons (Fsp3) is 0.462. The van der Waals surface area contributed by atoms with Gasteiger partial charge in [-0.15, -0.1) is 0 Å². The fourth-order valence-electron chi connectivity index (χ4n) is 2.39. The van der Waals surface area contributed by atoms with Crippen molar-refractivity contribution in [3.05, 3.63) is 29.8 Å². The molecular formula is C13H16N2O. The molecule has 1 fully saturated rings. The molecule has 3 heteroatoms. The molecule has 2 heterocycles. The van der Waals surface area contributed by atoms with Gasteiger partial charge >= 0.3 is 0 Å². The van der Waals surface area contributed by atoms with Crippen molar-refractivity contribution in [3.8, 4) is 0 Å². The number of ether oxygens (including phenoxy) is 1. The second-order valence-corrected chi connectivity index (χ2v) is 4.25. The molecule has 1 saturated heterocycles. The Balaban J connectivity index is 1.96. The van der Waals surface area contributed by atoms with Gasteiger partial charge in [-0.25, -0.2) is 4.99 Å². The van der Waals surface area contributed by atoms with E-state index in [1.807, 2.05) is 0 Å². The predicted octanol–water partition coefficient (Wildman–Crippen LogP) is 2.06. The summed E-state index contributed by atoms with van der Waals surface area (Å²) in [4.78, 5) is 6.84. The Labute approximate surface area is 95.7 Å². The average Bonchev–Trinajstić information content (AvgIpc) is 3.03.